The van der Waals surface area contributed by atoms with E-state index in [9.17, 15) is 4.79 Å². The van der Waals surface area contributed by atoms with Crippen LogP contribution in [0.4, 0.5) is 5.69 Å². The summed E-state index contributed by atoms with van der Waals surface area (Å²) < 4.78 is 5.16. The molecular weight excluding hydrogens is 350 g/mol. The van der Waals surface area contributed by atoms with E-state index in [2.05, 4.69) is 27.6 Å². The molecule has 1 amide bonds. The van der Waals surface area contributed by atoms with E-state index >= 15 is 0 Å². The normalized spacial score (nSPS) is 10.6. The van der Waals surface area contributed by atoms with Crippen molar-refractivity contribution in [3.63, 3.8) is 0 Å². The summed E-state index contributed by atoms with van der Waals surface area (Å²) in [4.78, 5) is 16.9. The summed E-state index contributed by atoms with van der Waals surface area (Å²) in [5, 5.41) is 6.81. The Morgan fingerprint density at radius 2 is 1.64 bits per heavy atom. The second-order valence-electron chi connectivity index (χ2n) is 6.50. The third-order valence-electron chi connectivity index (χ3n) is 4.42. The number of aryl methyl sites for hydroxylation is 1. The number of carbonyl (C=O) groups excluding carboxylic acids is 1. The highest BCUT2D eigenvalue weighted by atomic mass is 16.5. The SMILES string of the molecule is Cc1noc(-c2ccc(C(=O)Nc3ccccc3Cc3ccccc3)cc2)n1. The van der Waals surface area contributed by atoms with E-state index in [-0.39, 0.29) is 5.91 Å². The maximum absolute atomic E-state index is 12.7. The maximum Gasteiger partial charge on any atom is 0.257 e. The van der Waals surface area contributed by atoms with Gasteiger partial charge in [0, 0.05) is 16.8 Å². The average molecular weight is 369 g/mol. The van der Waals surface area contributed by atoms with Crippen LogP contribution in [-0.4, -0.2) is 16.0 Å². The summed E-state index contributed by atoms with van der Waals surface area (Å²) in [5.41, 5.74) is 4.42. The van der Waals surface area contributed by atoms with Crippen molar-refractivity contribution in [2.24, 2.45) is 0 Å². The van der Waals surface area contributed by atoms with Gasteiger partial charge in [0.25, 0.3) is 11.8 Å². The first-order valence-corrected chi connectivity index (χ1v) is 9.03. The van der Waals surface area contributed by atoms with Crippen LogP contribution in [0, 0.1) is 6.92 Å². The molecule has 4 rings (SSSR count). The number of para-hydroxylation sites is 1. The Labute approximate surface area is 163 Å². The lowest BCUT2D eigenvalue weighted by atomic mass is 10.0. The monoisotopic (exact) mass is 369 g/mol. The second-order valence-corrected chi connectivity index (χ2v) is 6.50. The first-order chi connectivity index (χ1) is 13.7. The van der Waals surface area contributed by atoms with E-state index in [0.717, 1.165) is 23.2 Å². The van der Waals surface area contributed by atoms with Crippen LogP contribution in [0.3, 0.4) is 0 Å². The van der Waals surface area contributed by atoms with Gasteiger partial charge in [-0.25, -0.2) is 0 Å². The molecule has 0 atom stereocenters. The number of carbonyl (C=O) groups is 1. The molecule has 138 valence electrons. The molecule has 28 heavy (non-hydrogen) atoms. The topological polar surface area (TPSA) is 68.0 Å². The number of nitrogens with one attached hydrogen (secondary N) is 1. The third kappa shape index (κ3) is 3.99. The zero-order valence-corrected chi connectivity index (χ0v) is 15.4. The largest absolute Gasteiger partial charge is 0.334 e. The summed E-state index contributed by atoms with van der Waals surface area (Å²) in [5.74, 6) is 0.860. The minimum atomic E-state index is -0.159. The van der Waals surface area contributed by atoms with E-state index < -0.39 is 0 Å². The molecular formula is C23H19N3O2. The van der Waals surface area contributed by atoms with Crippen molar-refractivity contribution in [2.75, 3.05) is 5.32 Å². The van der Waals surface area contributed by atoms with Gasteiger partial charge in [0.2, 0.25) is 0 Å². The molecule has 0 aliphatic carbocycles. The molecule has 1 heterocycles. The number of anilines is 1. The summed E-state index contributed by atoms with van der Waals surface area (Å²) >= 11 is 0. The highest BCUT2D eigenvalue weighted by molar-refractivity contribution is 6.04. The smallest absolute Gasteiger partial charge is 0.257 e. The quantitative estimate of drug-likeness (QED) is 0.544. The Morgan fingerprint density at radius 1 is 0.929 bits per heavy atom. The van der Waals surface area contributed by atoms with E-state index in [1.807, 2.05) is 42.5 Å². The standard InChI is InChI=1S/C23H19N3O2/c1-16-24-23(28-26-16)19-13-11-18(12-14-19)22(27)25-21-10-6-5-9-20(21)15-17-7-3-2-4-8-17/h2-14H,15H2,1H3,(H,25,27). The molecule has 5 heteroatoms. The molecule has 0 fully saturated rings. The van der Waals surface area contributed by atoms with Gasteiger partial charge < -0.3 is 9.84 Å². The molecule has 1 aromatic heterocycles. The molecule has 0 unspecified atom stereocenters. The minimum absolute atomic E-state index is 0.159. The van der Waals surface area contributed by atoms with Crippen LogP contribution in [0.15, 0.2) is 83.4 Å². The summed E-state index contributed by atoms with van der Waals surface area (Å²) in [6.07, 6.45) is 0.757. The van der Waals surface area contributed by atoms with Crippen LogP contribution in [0.2, 0.25) is 0 Å². The number of benzene rings is 3. The lowest BCUT2D eigenvalue weighted by Gasteiger charge is -2.11. The highest BCUT2D eigenvalue weighted by Gasteiger charge is 2.11. The predicted molar refractivity (Wildman–Crippen MR) is 108 cm³/mol. The molecule has 0 saturated heterocycles. The van der Waals surface area contributed by atoms with Crippen LogP contribution in [0.1, 0.15) is 27.3 Å². The number of nitrogens with zero attached hydrogens (tertiary/aromatic N) is 2. The molecule has 1 N–H and O–H groups in total. The minimum Gasteiger partial charge on any atom is -0.334 e. The number of hydrogen-bond donors (Lipinski definition) is 1. The van der Waals surface area contributed by atoms with Gasteiger partial charge in [-0.1, -0.05) is 53.7 Å². The van der Waals surface area contributed by atoms with Crippen molar-refractivity contribution in [2.45, 2.75) is 13.3 Å². The van der Waals surface area contributed by atoms with Crippen LogP contribution < -0.4 is 5.32 Å². The molecule has 3 aromatic carbocycles. The number of aromatic nitrogens is 2. The molecule has 0 saturated carbocycles. The van der Waals surface area contributed by atoms with Gasteiger partial charge in [0.15, 0.2) is 5.82 Å². The molecule has 5 nitrogen and oxygen atoms in total. The van der Waals surface area contributed by atoms with E-state index in [1.54, 1.807) is 31.2 Å². The van der Waals surface area contributed by atoms with Gasteiger partial charge in [-0.2, -0.15) is 4.98 Å². The molecule has 0 radical (unpaired) electrons. The van der Waals surface area contributed by atoms with Crippen LogP contribution in [0.5, 0.6) is 0 Å². The third-order valence-corrected chi connectivity index (χ3v) is 4.42. The van der Waals surface area contributed by atoms with Crippen molar-refractivity contribution >= 4 is 11.6 Å². The van der Waals surface area contributed by atoms with Gasteiger partial charge in [0.1, 0.15) is 0 Å². The van der Waals surface area contributed by atoms with Crippen molar-refractivity contribution in [1.29, 1.82) is 0 Å². The number of hydrogen-bond acceptors (Lipinski definition) is 4. The Kier molecular flexibility index (Phi) is 4.97. The lowest BCUT2D eigenvalue weighted by molar-refractivity contribution is 0.102. The van der Waals surface area contributed by atoms with Crippen molar-refractivity contribution in [1.82, 2.24) is 10.1 Å². The first kappa shape index (κ1) is 17.7. The van der Waals surface area contributed by atoms with Crippen molar-refractivity contribution in [3.05, 3.63) is 101 Å². The predicted octanol–water partition coefficient (Wildman–Crippen LogP) is 4.89. The van der Waals surface area contributed by atoms with Gasteiger partial charge in [-0.15, -0.1) is 0 Å². The van der Waals surface area contributed by atoms with E-state index in [4.69, 9.17) is 4.52 Å². The fourth-order valence-corrected chi connectivity index (χ4v) is 2.99. The first-order valence-electron chi connectivity index (χ1n) is 9.03. The van der Waals surface area contributed by atoms with Crippen LogP contribution in [-0.2, 0) is 6.42 Å². The van der Waals surface area contributed by atoms with Gasteiger partial charge in [-0.3, -0.25) is 4.79 Å². The number of rotatable bonds is 5. The highest BCUT2D eigenvalue weighted by Crippen LogP contribution is 2.21. The van der Waals surface area contributed by atoms with Gasteiger partial charge >= 0.3 is 0 Å². The van der Waals surface area contributed by atoms with E-state index in [0.29, 0.717) is 17.3 Å². The number of amides is 1. The van der Waals surface area contributed by atoms with Crippen LogP contribution in [0.25, 0.3) is 11.5 Å². The molecule has 4 aromatic rings. The molecule has 0 aliphatic heterocycles. The lowest BCUT2D eigenvalue weighted by Crippen LogP contribution is -2.13. The summed E-state index contributed by atoms with van der Waals surface area (Å²) in [7, 11) is 0. The Balaban J connectivity index is 1.51. The fourth-order valence-electron chi connectivity index (χ4n) is 2.99. The van der Waals surface area contributed by atoms with Crippen molar-refractivity contribution in [3.8, 4) is 11.5 Å². The average Bonchev–Trinajstić information content (AvgIpc) is 3.17. The molecule has 0 bridgehead atoms. The Hall–Kier alpha value is -3.73. The summed E-state index contributed by atoms with van der Waals surface area (Å²) in [6, 6.07) is 25.2. The second kappa shape index (κ2) is 7.88. The van der Waals surface area contributed by atoms with Crippen molar-refractivity contribution < 1.29 is 9.32 Å². The molecule has 0 aliphatic rings. The van der Waals surface area contributed by atoms with Gasteiger partial charge in [0.05, 0.1) is 0 Å². The fraction of sp³-hybridized carbons (Fsp3) is 0.0870. The Morgan fingerprint density at radius 3 is 2.36 bits per heavy atom. The zero-order chi connectivity index (χ0) is 19.3. The zero-order valence-electron chi connectivity index (χ0n) is 15.4. The van der Waals surface area contributed by atoms with Crippen LogP contribution >= 0.6 is 0 Å². The van der Waals surface area contributed by atoms with Gasteiger partial charge in [-0.05, 0) is 54.8 Å². The Bertz CT molecular complexity index is 1090. The maximum atomic E-state index is 12.7. The molecule has 0 spiro atoms. The van der Waals surface area contributed by atoms with E-state index in [1.165, 1.54) is 5.56 Å². The summed E-state index contributed by atoms with van der Waals surface area (Å²) in [6.45, 7) is 1.77.